The highest BCUT2D eigenvalue weighted by molar-refractivity contribution is 7.48. The number of nitrogens with one attached hydrogen (secondary N) is 1. The molecule has 0 spiro atoms. The van der Waals surface area contributed by atoms with Gasteiger partial charge in [-0.3, -0.25) is 27.9 Å². The Hall–Kier alpha value is -1.86. The molecule has 3 N–H and O–H groups in total. The number of carbonyl (C=O) groups is 1. The Morgan fingerprint density at radius 3 is 2.84 bits per heavy atom. The number of ether oxygens (including phenoxy) is 3. The van der Waals surface area contributed by atoms with Crippen LogP contribution in [0.15, 0.2) is 21.9 Å². The lowest BCUT2D eigenvalue weighted by molar-refractivity contribution is -0.153. The van der Waals surface area contributed by atoms with Crippen molar-refractivity contribution in [3.63, 3.8) is 0 Å². The van der Waals surface area contributed by atoms with Gasteiger partial charge < -0.3 is 19.9 Å². The van der Waals surface area contributed by atoms with Gasteiger partial charge in [0.25, 0.3) is 5.56 Å². The van der Waals surface area contributed by atoms with Crippen molar-refractivity contribution in [2.45, 2.75) is 50.8 Å². The standard InChI is InChI=1S/C17H26N3O10P/c1-10(2)28-13(22)9-25-6-7-26-31(24)27-8-11-14(30-31)17(3,18)15(29-11)20-5-4-12(21)19-16(20)23/h4-5,10-11,14-15H,6-9,18H2,1-3H3,(H,19,21,23)/t11-,14-,15-,17-,31-/m1/s1. The van der Waals surface area contributed by atoms with Crippen molar-refractivity contribution >= 4 is 13.8 Å². The number of nitrogens with two attached hydrogens (primary N) is 1. The molecular weight excluding hydrogens is 437 g/mol. The number of esters is 1. The number of nitrogens with zero attached hydrogens (tertiary/aromatic N) is 1. The quantitative estimate of drug-likeness (QED) is 0.294. The van der Waals surface area contributed by atoms with E-state index < -0.39 is 49.0 Å². The summed E-state index contributed by atoms with van der Waals surface area (Å²) < 4.78 is 45.7. The first-order valence-electron chi connectivity index (χ1n) is 9.62. The minimum atomic E-state index is -3.99. The lowest BCUT2D eigenvalue weighted by Crippen LogP contribution is -2.55. The Balaban J connectivity index is 1.58. The zero-order chi connectivity index (χ0) is 22.8. The summed E-state index contributed by atoms with van der Waals surface area (Å²) in [6.45, 7) is 4.35. The average molecular weight is 463 g/mol. The Bertz CT molecular complexity index is 958. The molecule has 0 unspecified atom stereocenters. The van der Waals surface area contributed by atoms with Gasteiger partial charge in [0.2, 0.25) is 0 Å². The highest BCUT2D eigenvalue weighted by Crippen LogP contribution is 2.58. The van der Waals surface area contributed by atoms with Gasteiger partial charge in [-0.2, -0.15) is 0 Å². The van der Waals surface area contributed by atoms with Crippen LogP contribution >= 0.6 is 7.82 Å². The number of phosphoric ester groups is 1. The van der Waals surface area contributed by atoms with Crippen LogP contribution in [0.5, 0.6) is 0 Å². The van der Waals surface area contributed by atoms with Crippen LogP contribution in [-0.4, -0.2) is 65.8 Å². The third kappa shape index (κ3) is 5.50. The molecule has 0 radical (unpaired) electrons. The summed E-state index contributed by atoms with van der Waals surface area (Å²) in [6.07, 6.45) is -1.63. The zero-order valence-corrected chi connectivity index (χ0v) is 18.2. The largest absolute Gasteiger partial charge is 0.475 e. The summed E-state index contributed by atoms with van der Waals surface area (Å²) in [5.74, 6) is -0.528. The summed E-state index contributed by atoms with van der Waals surface area (Å²) in [4.78, 5) is 37.0. The third-order valence-electron chi connectivity index (χ3n) is 4.59. The van der Waals surface area contributed by atoms with E-state index in [9.17, 15) is 18.9 Å². The van der Waals surface area contributed by atoms with Crippen LogP contribution in [0.4, 0.5) is 0 Å². The summed E-state index contributed by atoms with van der Waals surface area (Å²) in [6, 6.07) is 1.16. The first-order chi connectivity index (χ1) is 14.5. The highest BCUT2D eigenvalue weighted by atomic mass is 31.2. The van der Waals surface area contributed by atoms with E-state index in [4.69, 9.17) is 33.5 Å². The van der Waals surface area contributed by atoms with E-state index in [0.717, 1.165) is 10.6 Å². The minimum absolute atomic E-state index is 0.0518. The third-order valence-corrected chi connectivity index (χ3v) is 6.04. The Kier molecular flexibility index (Phi) is 7.16. The second kappa shape index (κ2) is 9.33. The van der Waals surface area contributed by atoms with Crippen LogP contribution in [0.1, 0.15) is 27.0 Å². The SMILES string of the molecule is CC(C)OC(=O)COCCO[P@]1(=O)OC[C@H]2O[C@@H](n3ccc(=O)[nH]c3=O)[C@](C)(N)[C@@H]2O1. The summed E-state index contributed by atoms with van der Waals surface area (Å²) in [7, 11) is -3.99. The van der Waals surface area contributed by atoms with Crippen molar-refractivity contribution in [3.05, 3.63) is 33.1 Å². The van der Waals surface area contributed by atoms with Gasteiger partial charge in [0.1, 0.15) is 18.8 Å². The van der Waals surface area contributed by atoms with E-state index in [1.54, 1.807) is 20.8 Å². The van der Waals surface area contributed by atoms with Crippen molar-refractivity contribution in [1.29, 1.82) is 0 Å². The lowest BCUT2D eigenvalue weighted by atomic mass is 9.93. The first-order valence-corrected chi connectivity index (χ1v) is 11.1. The molecule has 2 saturated heterocycles. The number of carbonyl (C=O) groups excluding carboxylic acids is 1. The second-order valence-corrected chi connectivity index (χ2v) is 9.23. The number of rotatable bonds is 8. The molecule has 1 aromatic rings. The van der Waals surface area contributed by atoms with Crippen molar-refractivity contribution in [2.24, 2.45) is 5.73 Å². The number of hydrogen-bond donors (Lipinski definition) is 2. The molecule has 174 valence electrons. The monoisotopic (exact) mass is 463 g/mol. The van der Waals surface area contributed by atoms with Crippen LogP contribution in [-0.2, 0) is 37.1 Å². The highest BCUT2D eigenvalue weighted by Gasteiger charge is 2.59. The van der Waals surface area contributed by atoms with E-state index >= 15 is 0 Å². The molecule has 3 rings (SSSR count). The predicted octanol–water partition coefficient (Wildman–Crippen LogP) is -0.340. The second-order valence-electron chi connectivity index (χ2n) is 7.60. The Morgan fingerprint density at radius 1 is 1.42 bits per heavy atom. The van der Waals surface area contributed by atoms with E-state index in [1.165, 1.54) is 6.20 Å². The molecule has 2 fully saturated rings. The molecule has 5 atom stereocenters. The van der Waals surface area contributed by atoms with Gasteiger partial charge in [-0.15, -0.1) is 0 Å². The molecule has 3 heterocycles. The molecule has 0 aromatic carbocycles. The van der Waals surface area contributed by atoms with Crippen LogP contribution < -0.4 is 17.0 Å². The van der Waals surface area contributed by atoms with E-state index in [-0.39, 0.29) is 32.5 Å². The molecule has 2 aliphatic heterocycles. The number of H-pyrrole nitrogens is 1. The first kappa shape index (κ1) is 23.8. The lowest BCUT2D eigenvalue weighted by Gasteiger charge is -2.35. The summed E-state index contributed by atoms with van der Waals surface area (Å²) >= 11 is 0. The molecule has 0 aliphatic carbocycles. The molecule has 0 saturated carbocycles. The van der Waals surface area contributed by atoms with Gasteiger partial charge in [0, 0.05) is 12.3 Å². The molecule has 31 heavy (non-hydrogen) atoms. The fourth-order valence-corrected chi connectivity index (χ4v) is 4.74. The number of phosphoric acid groups is 1. The fourth-order valence-electron chi connectivity index (χ4n) is 3.27. The summed E-state index contributed by atoms with van der Waals surface area (Å²) in [5.41, 5.74) is 3.81. The van der Waals surface area contributed by atoms with Gasteiger partial charge in [-0.1, -0.05) is 0 Å². The summed E-state index contributed by atoms with van der Waals surface area (Å²) in [5, 5.41) is 0. The molecule has 13 nitrogen and oxygen atoms in total. The Labute approximate surface area is 177 Å². The number of hydrogen-bond acceptors (Lipinski definition) is 11. The topological polar surface area (TPSA) is 170 Å². The molecule has 2 aliphatic rings. The fraction of sp³-hybridized carbons (Fsp3) is 0.706. The van der Waals surface area contributed by atoms with Gasteiger partial charge >= 0.3 is 19.5 Å². The molecular formula is C17H26N3O10P. The van der Waals surface area contributed by atoms with Gasteiger partial charge in [0.05, 0.1) is 31.5 Å². The van der Waals surface area contributed by atoms with Gasteiger partial charge in [0.15, 0.2) is 6.23 Å². The van der Waals surface area contributed by atoms with Crippen molar-refractivity contribution in [3.8, 4) is 0 Å². The number of fused-ring (bicyclic) bond motifs is 1. The average Bonchev–Trinajstić information content (AvgIpc) is 2.91. The van der Waals surface area contributed by atoms with Crippen LogP contribution in [0.2, 0.25) is 0 Å². The Morgan fingerprint density at radius 2 is 2.16 bits per heavy atom. The van der Waals surface area contributed by atoms with Gasteiger partial charge in [-0.05, 0) is 20.8 Å². The van der Waals surface area contributed by atoms with Crippen molar-refractivity contribution in [1.82, 2.24) is 9.55 Å². The maximum absolute atomic E-state index is 12.8. The maximum atomic E-state index is 12.8. The molecule has 1 aromatic heterocycles. The van der Waals surface area contributed by atoms with Crippen LogP contribution in [0.25, 0.3) is 0 Å². The van der Waals surface area contributed by atoms with Crippen molar-refractivity contribution < 1.29 is 37.1 Å². The van der Waals surface area contributed by atoms with E-state index in [2.05, 4.69) is 4.98 Å². The molecule has 0 bridgehead atoms. The minimum Gasteiger partial charge on any atom is -0.461 e. The van der Waals surface area contributed by atoms with Gasteiger partial charge in [-0.25, -0.2) is 14.2 Å². The van der Waals surface area contributed by atoms with Crippen LogP contribution in [0.3, 0.4) is 0 Å². The molecule has 14 heteroatoms. The molecule has 0 amide bonds. The maximum Gasteiger partial charge on any atom is 0.475 e. The van der Waals surface area contributed by atoms with Crippen molar-refractivity contribution in [2.75, 3.05) is 26.4 Å². The zero-order valence-electron chi connectivity index (χ0n) is 17.3. The van der Waals surface area contributed by atoms with E-state index in [1.807, 2.05) is 0 Å². The van der Waals surface area contributed by atoms with E-state index in [0.29, 0.717) is 0 Å². The smallest absolute Gasteiger partial charge is 0.461 e. The van der Waals surface area contributed by atoms with Crippen LogP contribution in [0, 0.1) is 0 Å². The number of aromatic nitrogens is 2. The number of aromatic amines is 1. The normalized spacial score (nSPS) is 32.7. The predicted molar refractivity (Wildman–Crippen MR) is 104 cm³/mol.